The molecule has 0 aromatic rings. The van der Waals surface area contributed by atoms with Crippen LogP contribution >= 0.6 is 11.8 Å². The Labute approximate surface area is 262 Å². The van der Waals surface area contributed by atoms with Crippen LogP contribution in [0.3, 0.4) is 0 Å². The largest absolute Gasteiger partial charge is 0.355 e. The van der Waals surface area contributed by atoms with Crippen molar-refractivity contribution in [3.63, 3.8) is 0 Å². The van der Waals surface area contributed by atoms with E-state index in [2.05, 4.69) is 27.8 Å². The summed E-state index contributed by atoms with van der Waals surface area (Å²) in [7, 11) is 1.80. The number of thioether (sulfide) groups is 1. The van der Waals surface area contributed by atoms with E-state index in [0.717, 1.165) is 31.3 Å². The summed E-state index contributed by atoms with van der Waals surface area (Å²) in [5.74, 6) is 1.01. The van der Waals surface area contributed by atoms with Crippen molar-refractivity contribution in [2.24, 2.45) is 16.7 Å². The van der Waals surface area contributed by atoms with Gasteiger partial charge in [0.1, 0.15) is 17.7 Å². The molecule has 2 aliphatic rings. The highest BCUT2D eigenvalue weighted by atomic mass is 32.2. The summed E-state index contributed by atoms with van der Waals surface area (Å²) < 4.78 is 0. The second-order valence-corrected chi connectivity index (χ2v) is 14.2. The lowest BCUT2D eigenvalue weighted by Gasteiger charge is -2.36. The van der Waals surface area contributed by atoms with E-state index in [4.69, 9.17) is 0 Å². The van der Waals surface area contributed by atoms with Crippen molar-refractivity contribution in [3.8, 4) is 0 Å². The molecule has 4 atom stereocenters. The number of amides is 4. The summed E-state index contributed by atoms with van der Waals surface area (Å²) in [6.45, 7) is 19.5. The lowest BCUT2D eigenvalue weighted by Crippen LogP contribution is -2.60. The summed E-state index contributed by atoms with van der Waals surface area (Å²) in [5, 5.41) is 10.9. The molecule has 0 spiro atoms. The minimum Gasteiger partial charge on any atom is -0.355 e. The lowest BCUT2D eigenvalue weighted by molar-refractivity contribution is -0.138. The molecule has 0 aromatic heterocycles. The number of likely N-dealkylation sites (N-methyl/N-ethyl adjacent to an activating group) is 1. The van der Waals surface area contributed by atoms with E-state index in [1.165, 1.54) is 0 Å². The van der Waals surface area contributed by atoms with Crippen LogP contribution in [0.5, 0.6) is 0 Å². The van der Waals surface area contributed by atoms with Gasteiger partial charge in [-0.3, -0.25) is 19.2 Å². The first kappa shape index (κ1) is 40.3. The predicted octanol–water partition coefficient (Wildman–Crippen LogP) is 3.08. The van der Waals surface area contributed by atoms with E-state index in [0.29, 0.717) is 25.9 Å². The van der Waals surface area contributed by atoms with Gasteiger partial charge in [-0.25, -0.2) is 4.79 Å². The molecule has 1 heterocycles. The van der Waals surface area contributed by atoms with Crippen LogP contribution < -0.4 is 21.3 Å². The Hall–Kier alpha value is -2.73. The number of hydrogen-bond donors (Lipinski definition) is 4. The number of Topliss-reactive ketones (excluding diaryl/α,β-unsaturated/α-hetero) is 2. The van der Waals surface area contributed by atoms with Crippen LogP contribution in [0.15, 0.2) is 12.7 Å². The zero-order valence-corrected chi connectivity index (χ0v) is 28.4. The smallest absolute Gasteiger partial charge is 0.316 e. The van der Waals surface area contributed by atoms with Crippen LogP contribution in [0.2, 0.25) is 0 Å². The Kier molecular flexibility index (Phi) is 18.3. The van der Waals surface area contributed by atoms with Gasteiger partial charge >= 0.3 is 6.03 Å². The molecule has 4 amide bonds. The quantitative estimate of drug-likeness (QED) is 0.105. The molecular weight excluding hydrogens is 570 g/mol. The second kappa shape index (κ2) is 19.5. The Morgan fingerprint density at radius 2 is 1.53 bits per heavy atom. The van der Waals surface area contributed by atoms with Crippen LogP contribution in [0.4, 0.5) is 4.79 Å². The van der Waals surface area contributed by atoms with Crippen LogP contribution in [-0.2, 0) is 24.0 Å². The van der Waals surface area contributed by atoms with Crippen molar-refractivity contribution < 1.29 is 28.8 Å². The summed E-state index contributed by atoms with van der Waals surface area (Å²) in [6.07, 6.45) is 6.24. The number of ketones is 2. The summed E-state index contributed by atoms with van der Waals surface area (Å²) in [5.41, 5.74) is -0.960. The molecule has 1 aliphatic heterocycles. The average Bonchev–Trinajstić information content (AvgIpc) is 3.67. The van der Waals surface area contributed by atoms with Gasteiger partial charge in [-0.15, -0.1) is 18.3 Å². The van der Waals surface area contributed by atoms with Gasteiger partial charge in [0.2, 0.25) is 12.3 Å². The van der Waals surface area contributed by atoms with E-state index in [-0.39, 0.29) is 28.8 Å². The predicted molar refractivity (Wildman–Crippen MR) is 173 cm³/mol. The van der Waals surface area contributed by atoms with Gasteiger partial charge in [-0.05, 0) is 56.2 Å². The standard InChI is InChI=1S/C21H35N3O4.C6H13NOS.C4H7NO/c1-20(2,3)16(15(26)13-9-10-13)22-19(28)23-17(21(4,5)6)18(27)24-11-7-8-14(24)12-25;1-4-9-6(7-3)5(2)8;1-2-3-5-4-6/h12-14,16-17H,7-11H2,1-6H3,(H2,22,23,28);6-7H,4H2,1-3H3;2,4H,1,3H2,(H,5,6). The average molecular weight is 626 g/mol. The topological polar surface area (TPSA) is 154 Å². The van der Waals surface area contributed by atoms with E-state index >= 15 is 0 Å². The molecule has 1 saturated heterocycles. The third-order valence-corrected chi connectivity index (χ3v) is 8.08. The van der Waals surface area contributed by atoms with Crippen molar-refractivity contribution in [1.82, 2.24) is 26.2 Å². The third kappa shape index (κ3) is 15.0. The monoisotopic (exact) mass is 625 g/mol. The number of likely N-dealkylation sites (tertiary alicyclic amines) is 1. The zero-order chi connectivity index (χ0) is 33.4. The maximum atomic E-state index is 13.1. The Morgan fingerprint density at radius 3 is 1.88 bits per heavy atom. The highest BCUT2D eigenvalue weighted by Gasteiger charge is 2.43. The summed E-state index contributed by atoms with van der Waals surface area (Å²) >= 11 is 1.62. The van der Waals surface area contributed by atoms with E-state index in [1.54, 1.807) is 36.7 Å². The molecule has 1 aliphatic carbocycles. The Morgan fingerprint density at radius 1 is 0.977 bits per heavy atom. The molecule has 4 unspecified atom stereocenters. The minimum absolute atomic E-state index is 0.00463. The number of carbonyl (C=O) groups excluding carboxylic acids is 6. The van der Waals surface area contributed by atoms with Gasteiger partial charge in [0.15, 0.2) is 11.6 Å². The van der Waals surface area contributed by atoms with Gasteiger partial charge in [-0.2, -0.15) is 0 Å². The molecule has 0 bridgehead atoms. The fourth-order valence-corrected chi connectivity index (χ4v) is 5.08. The summed E-state index contributed by atoms with van der Waals surface area (Å²) in [6, 6.07) is -2.35. The van der Waals surface area contributed by atoms with Crippen LogP contribution in [0, 0.1) is 16.7 Å². The molecule has 246 valence electrons. The van der Waals surface area contributed by atoms with Gasteiger partial charge < -0.3 is 31.0 Å². The van der Waals surface area contributed by atoms with Gasteiger partial charge in [-0.1, -0.05) is 54.5 Å². The molecule has 43 heavy (non-hydrogen) atoms. The first-order valence-electron chi connectivity index (χ1n) is 14.9. The van der Waals surface area contributed by atoms with Crippen LogP contribution in [-0.4, -0.2) is 90.5 Å². The van der Waals surface area contributed by atoms with E-state index in [1.807, 2.05) is 48.5 Å². The first-order valence-corrected chi connectivity index (χ1v) is 16.0. The zero-order valence-electron chi connectivity index (χ0n) is 27.6. The molecule has 12 heteroatoms. The lowest BCUT2D eigenvalue weighted by atomic mass is 9.82. The van der Waals surface area contributed by atoms with Crippen molar-refractivity contribution in [1.29, 1.82) is 0 Å². The third-order valence-electron chi connectivity index (χ3n) is 6.84. The van der Waals surface area contributed by atoms with Crippen LogP contribution in [0.25, 0.3) is 0 Å². The van der Waals surface area contributed by atoms with Crippen molar-refractivity contribution in [3.05, 3.63) is 12.7 Å². The molecule has 2 rings (SSSR count). The molecule has 2 fully saturated rings. The van der Waals surface area contributed by atoms with Gasteiger partial charge in [0, 0.05) is 19.0 Å². The fourth-order valence-electron chi connectivity index (χ4n) is 4.35. The van der Waals surface area contributed by atoms with Crippen molar-refractivity contribution in [2.45, 2.75) is 105 Å². The van der Waals surface area contributed by atoms with Crippen molar-refractivity contribution >= 4 is 48.0 Å². The molecule has 4 N–H and O–H groups in total. The number of nitrogens with one attached hydrogen (secondary N) is 4. The SMILES string of the molecule is C=CCNC=O.CC(C)(C)C(NC(=O)NC(C(=O)N1CCCC1C=O)C(C)(C)C)C(=O)C1CC1.CCSC(NC)C(C)=O. The molecule has 0 aromatic carbocycles. The highest BCUT2D eigenvalue weighted by Crippen LogP contribution is 2.35. The molecule has 11 nitrogen and oxygen atoms in total. The van der Waals surface area contributed by atoms with Gasteiger partial charge in [0.25, 0.3) is 0 Å². The number of aldehydes is 1. The van der Waals surface area contributed by atoms with E-state index < -0.39 is 35.0 Å². The number of hydrogen-bond acceptors (Lipinski definition) is 8. The van der Waals surface area contributed by atoms with Crippen LogP contribution in [0.1, 0.15) is 81.1 Å². The maximum absolute atomic E-state index is 13.1. The van der Waals surface area contributed by atoms with Gasteiger partial charge in [0.05, 0.1) is 12.1 Å². The van der Waals surface area contributed by atoms with E-state index in [9.17, 15) is 28.8 Å². The fraction of sp³-hybridized carbons (Fsp3) is 0.742. The number of urea groups is 1. The molecule has 0 radical (unpaired) electrons. The summed E-state index contributed by atoms with van der Waals surface area (Å²) in [4.78, 5) is 71.4. The molecular formula is C31H55N5O6S. The second-order valence-electron chi connectivity index (χ2n) is 12.8. The minimum atomic E-state index is -0.787. The number of carbonyl (C=O) groups is 6. The molecule has 1 saturated carbocycles. The normalized spacial score (nSPS) is 18.3. The van der Waals surface area contributed by atoms with Crippen molar-refractivity contribution in [2.75, 3.05) is 25.9 Å². The Bertz CT molecular complexity index is 934. The number of rotatable bonds is 13. The number of nitrogens with zero attached hydrogens (tertiary/aromatic N) is 1. The first-order chi connectivity index (χ1) is 20.0. The highest BCUT2D eigenvalue weighted by molar-refractivity contribution is 8.00. The Balaban J connectivity index is 0.000000968. The maximum Gasteiger partial charge on any atom is 0.316 e.